The molecule has 4 aliphatic rings. The van der Waals surface area contributed by atoms with Crippen LogP contribution in [0.1, 0.15) is 82.3 Å². The molecule has 3 heterocycles. The van der Waals surface area contributed by atoms with Gasteiger partial charge in [0.1, 0.15) is 24.2 Å². The van der Waals surface area contributed by atoms with Crippen LogP contribution in [0, 0.1) is 23.7 Å². The van der Waals surface area contributed by atoms with Gasteiger partial charge in [-0.1, -0.05) is 32.6 Å². The zero-order valence-electron chi connectivity index (χ0n) is 18.2. The average molecular weight is 432 g/mol. The lowest BCUT2D eigenvalue weighted by Gasteiger charge is -2.44. The number of aliphatic hydroxyl groups is 2. The molecule has 7 heteroatoms. The first-order valence-electron chi connectivity index (χ1n) is 11.9. The van der Waals surface area contributed by atoms with Crippen LogP contribution in [0.4, 0.5) is 0 Å². The number of amides is 2. The summed E-state index contributed by atoms with van der Waals surface area (Å²) in [5, 5.41) is 21.1. The van der Waals surface area contributed by atoms with Gasteiger partial charge < -0.3 is 19.4 Å². The number of aliphatic hydroxyl groups excluding tert-OH is 1. The Bertz CT molecular complexity index is 845. The van der Waals surface area contributed by atoms with Gasteiger partial charge in [-0.15, -0.1) is 0 Å². The van der Waals surface area contributed by atoms with Crippen LogP contribution in [0.15, 0.2) is 16.5 Å². The average Bonchev–Trinajstić information content (AvgIpc) is 3.44. The summed E-state index contributed by atoms with van der Waals surface area (Å²) in [4.78, 5) is 28.6. The van der Waals surface area contributed by atoms with Gasteiger partial charge in [0.25, 0.3) is 0 Å². The van der Waals surface area contributed by atoms with Crippen molar-refractivity contribution in [2.75, 3.05) is 0 Å². The fourth-order valence-corrected chi connectivity index (χ4v) is 6.71. The maximum absolute atomic E-state index is 13.6. The van der Waals surface area contributed by atoms with Crippen molar-refractivity contribution in [3.05, 3.63) is 23.7 Å². The van der Waals surface area contributed by atoms with Crippen molar-refractivity contribution in [2.24, 2.45) is 23.7 Å². The maximum atomic E-state index is 13.6. The third kappa shape index (κ3) is 3.28. The molecule has 0 unspecified atom stereocenters. The lowest BCUT2D eigenvalue weighted by Crippen LogP contribution is -2.53. The fourth-order valence-electron chi connectivity index (χ4n) is 6.71. The Labute approximate surface area is 182 Å². The fraction of sp³-hybridized carbons (Fsp3) is 0.750. The van der Waals surface area contributed by atoms with Gasteiger partial charge in [-0.2, -0.15) is 0 Å². The SMILES string of the molecule is CCC[C@H]1C[C@@H]2C(=O)N(C3CCCCC3)C(=O)[C@@H]2[C@@H]2C[C@@H](c3ccc(CO)o3)O[C@]12O. The van der Waals surface area contributed by atoms with Crippen molar-refractivity contribution in [1.29, 1.82) is 0 Å². The lowest BCUT2D eigenvalue weighted by atomic mass is 9.63. The molecule has 2 saturated heterocycles. The van der Waals surface area contributed by atoms with Crippen molar-refractivity contribution in [3.8, 4) is 0 Å². The molecule has 1 aromatic heterocycles. The lowest BCUT2D eigenvalue weighted by molar-refractivity contribution is -0.271. The van der Waals surface area contributed by atoms with Crippen LogP contribution in [0.3, 0.4) is 0 Å². The normalized spacial score (nSPS) is 38.5. The van der Waals surface area contributed by atoms with Crippen LogP contribution in [-0.4, -0.2) is 38.8 Å². The van der Waals surface area contributed by atoms with E-state index in [1.54, 1.807) is 17.0 Å². The van der Waals surface area contributed by atoms with E-state index in [4.69, 9.17) is 9.15 Å². The number of carbonyl (C=O) groups is 2. The van der Waals surface area contributed by atoms with E-state index in [-0.39, 0.29) is 36.3 Å². The van der Waals surface area contributed by atoms with E-state index in [2.05, 4.69) is 6.92 Å². The van der Waals surface area contributed by atoms with Gasteiger partial charge in [0.2, 0.25) is 11.8 Å². The second kappa shape index (κ2) is 8.01. The van der Waals surface area contributed by atoms with Crippen LogP contribution in [0.5, 0.6) is 0 Å². The smallest absolute Gasteiger partial charge is 0.233 e. The first-order chi connectivity index (χ1) is 15.0. The number of nitrogens with zero attached hydrogens (tertiary/aromatic N) is 1. The number of likely N-dealkylation sites (tertiary alicyclic amines) is 1. The number of ether oxygens (including phenoxy) is 1. The van der Waals surface area contributed by atoms with Crippen LogP contribution >= 0.6 is 0 Å². The van der Waals surface area contributed by atoms with Crippen LogP contribution in [0.2, 0.25) is 0 Å². The third-order valence-electron chi connectivity index (χ3n) is 8.13. The number of imide groups is 1. The molecule has 0 spiro atoms. The van der Waals surface area contributed by atoms with E-state index in [0.29, 0.717) is 24.4 Å². The van der Waals surface area contributed by atoms with E-state index < -0.39 is 23.7 Å². The van der Waals surface area contributed by atoms with Gasteiger partial charge in [0.15, 0.2) is 5.79 Å². The molecule has 2 aliphatic carbocycles. The van der Waals surface area contributed by atoms with Crippen molar-refractivity contribution in [3.63, 3.8) is 0 Å². The molecule has 2 saturated carbocycles. The first kappa shape index (κ1) is 21.2. The van der Waals surface area contributed by atoms with Gasteiger partial charge in [-0.25, -0.2) is 0 Å². The molecule has 1 aromatic rings. The minimum absolute atomic E-state index is 0.00683. The Morgan fingerprint density at radius 1 is 1.13 bits per heavy atom. The summed E-state index contributed by atoms with van der Waals surface area (Å²) >= 11 is 0. The molecule has 2 amide bonds. The first-order valence-corrected chi connectivity index (χ1v) is 11.9. The van der Waals surface area contributed by atoms with E-state index in [0.717, 1.165) is 44.9 Å². The predicted molar refractivity (Wildman–Crippen MR) is 110 cm³/mol. The zero-order valence-corrected chi connectivity index (χ0v) is 18.2. The number of hydrogen-bond donors (Lipinski definition) is 2. The van der Waals surface area contributed by atoms with Crippen molar-refractivity contribution >= 4 is 11.8 Å². The molecule has 5 rings (SSSR count). The highest BCUT2D eigenvalue weighted by atomic mass is 16.6. The Kier molecular flexibility index (Phi) is 5.47. The highest BCUT2D eigenvalue weighted by Crippen LogP contribution is 2.59. The minimum atomic E-state index is -1.44. The Morgan fingerprint density at radius 3 is 2.58 bits per heavy atom. The van der Waals surface area contributed by atoms with E-state index in [1.165, 1.54) is 0 Å². The summed E-state index contributed by atoms with van der Waals surface area (Å²) in [6, 6.07) is 3.47. The van der Waals surface area contributed by atoms with E-state index in [1.807, 2.05) is 0 Å². The van der Waals surface area contributed by atoms with Gasteiger partial charge in [-0.3, -0.25) is 14.5 Å². The topological polar surface area (TPSA) is 100 Å². The second-order valence-corrected chi connectivity index (χ2v) is 9.85. The molecule has 0 aromatic carbocycles. The number of fused-ring (bicyclic) bond motifs is 3. The molecule has 2 N–H and O–H groups in total. The summed E-state index contributed by atoms with van der Waals surface area (Å²) < 4.78 is 11.9. The number of hydrogen-bond acceptors (Lipinski definition) is 6. The number of furan rings is 1. The molecule has 170 valence electrons. The van der Waals surface area contributed by atoms with Crippen molar-refractivity contribution in [2.45, 2.75) is 89.3 Å². The third-order valence-corrected chi connectivity index (χ3v) is 8.13. The van der Waals surface area contributed by atoms with E-state index >= 15 is 0 Å². The van der Waals surface area contributed by atoms with E-state index in [9.17, 15) is 19.8 Å². The molecule has 4 fully saturated rings. The molecule has 6 atom stereocenters. The highest BCUT2D eigenvalue weighted by molar-refractivity contribution is 6.05. The van der Waals surface area contributed by atoms with Gasteiger partial charge in [0, 0.05) is 17.9 Å². The summed E-state index contributed by atoms with van der Waals surface area (Å²) in [5.41, 5.74) is 0. The Balaban J connectivity index is 1.47. The van der Waals surface area contributed by atoms with Crippen molar-refractivity contribution in [1.82, 2.24) is 4.90 Å². The number of rotatable bonds is 5. The molecular formula is C24H33NO6. The molecule has 7 nitrogen and oxygen atoms in total. The molecule has 31 heavy (non-hydrogen) atoms. The Morgan fingerprint density at radius 2 is 1.90 bits per heavy atom. The highest BCUT2D eigenvalue weighted by Gasteiger charge is 2.67. The standard InChI is InChI=1S/C24H33NO6/c1-2-6-14-11-17-21(23(28)25(22(17)27)15-7-4-3-5-8-15)18-12-20(31-24(14,18)29)19-10-9-16(13-26)30-19/h9-10,14-15,17-18,20-21,26,29H,2-8,11-13H2,1H3/t14-,17-,18-,20-,21-,24+/m0/s1. The largest absolute Gasteiger partial charge is 0.461 e. The monoisotopic (exact) mass is 431 g/mol. The molecule has 2 aliphatic heterocycles. The van der Waals surface area contributed by atoms with Crippen LogP contribution in [0.25, 0.3) is 0 Å². The van der Waals surface area contributed by atoms with Crippen molar-refractivity contribution < 1.29 is 29.0 Å². The summed E-state index contributed by atoms with van der Waals surface area (Å²) in [6.07, 6.45) is 7.11. The van der Waals surface area contributed by atoms with Gasteiger partial charge >= 0.3 is 0 Å². The molecule has 0 bridgehead atoms. The van der Waals surface area contributed by atoms with Crippen LogP contribution < -0.4 is 0 Å². The zero-order chi connectivity index (χ0) is 21.8. The van der Waals surface area contributed by atoms with Crippen LogP contribution in [-0.2, 0) is 20.9 Å². The summed E-state index contributed by atoms with van der Waals surface area (Å²) in [5.74, 6) is -2.09. The summed E-state index contributed by atoms with van der Waals surface area (Å²) in [6.45, 7) is 1.86. The van der Waals surface area contributed by atoms with Gasteiger partial charge in [0.05, 0.1) is 11.8 Å². The summed E-state index contributed by atoms with van der Waals surface area (Å²) in [7, 11) is 0. The number of carbonyl (C=O) groups excluding carboxylic acids is 2. The predicted octanol–water partition coefficient (Wildman–Crippen LogP) is 3.29. The molecule has 0 radical (unpaired) electrons. The second-order valence-electron chi connectivity index (χ2n) is 9.85. The Hall–Kier alpha value is -1.70. The quantitative estimate of drug-likeness (QED) is 0.694. The van der Waals surface area contributed by atoms with Gasteiger partial charge in [-0.05, 0) is 44.2 Å². The molecular weight excluding hydrogens is 398 g/mol. The minimum Gasteiger partial charge on any atom is -0.461 e. The maximum Gasteiger partial charge on any atom is 0.233 e.